The summed E-state index contributed by atoms with van der Waals surface area (Å²) in [6.07, 6.45) is 4.85. The van der Waals surface area contributed by atoms with Crippen LogP contribution < -0.4 is 15.4 Å². The Labute approximate surface area is 227 Å². The molecule has 1 aromatic heterocycles. The quantitative estimate of drug-likeness (QED) is 0.346. The van der Waals surface area contributed by atoms with E-state index in [0.29, 0.717) is 12.5 Å². The van der Waals surface area contributed by atoms with Gasteiger partial charge in [-0.1, -0.05) is 28.1 Å². The van der Waals surface area contributed by atoms with Crippen LogP contribution in [-0.4, -0.2) is 49.1 Å². The van der Waals surface area contributed by atoms with Crippen LogP contribution in [0.25, 0.3) is 10.1 Å². The molecule has 0 aliphatic carbocycles. The molecule has 3 heterocycles. The molecule has 186 valence electrons. The predicted molar refractivity (Wildman–Crippen MR) is 150 cm³/mol. The van der Waals surface area contributed by atoms with Gasteiger partial charge in [-0.25, -0.2) is 0 Å². The van der Waals surface area contributed by atoms with Crippen molar-refractivity contribution in [3.63, 3.8) is 0 Å². The normalized spacial score (nSPS) is 18.1. The molecule has 8 heteroatoms. The second-order valence-corrected chi connectivity index (χ2v) is 12.5. The highest BCUT2D eigenvalue weighted by Crippen LogP contribution is 2.30. The third kappa shape index (κ3) is 6.86. The summed E-state index contributed by atoms with van der Waals surface area (Å²) in [6, 6.07) is 15.1. The number of carbonyl (C=O) groups is 1. The first-order valence-electron chi connectivity index (χ1n) is 12.4. The van der Waals surface area contributed by atoms with E-state index in [-0.39, 0.29) is 11.9 Å². The van der Waals surface area contributed by atoms with Crippen molar-refractivity contribution < 1.29 is 9.53 Å². The molecule has 0 radical (unpaired) electrons. The monoisotopic (exact) mass is 619 g/mol. The predicted octanol–water partition coefficient (Wildman–Crippen LogP) is 5.88. The number of amides is 1. The molecule has 35 heavy (non-hydrogen) atoms. The number of fused-ring (bicyclic) bond motifs is 1. The van der Waals surface area contributed by atoms with E-state index in [1.54, 1.807) is 11.3 Å². The first-order chi connectivity index (χ1) is 17.0. The number of thiophene rings is 1. The number of piperidine rings is 2. The first-order valence-corrected chi connectivity index (χ1v) is 14.8. The number of nitrogens with one attached hydrogen (secondary N) is 2. The number of halogens is 2. The minimum Gasteiger partial charge on any atom is -0.489 e. The van der Waals surface area contributed by atoms with Gasteiger partial charge in [-0.15, -0.1) is 11.3 Å². The van der Waals surface area contributed by atoms with E-state index >= 15 is 0 Å². The van der Waals surface area contributed by atoms with Gasteiger partial charge in [0.25, 0.3) is 0 Å². The van der Waals surface area contributed by atoms with Gasteiger partial charge < -0.3 is 15.4 Å². The molecule has 2 fully saturated rings. The molecular formula is C27H31Br2N3O2S. The lowest BCUT2D eigenvalue weighted by atomic mass is 10.0. The van der Waals surface area contributed by atoms with Gasteiger partial charge in [0, 0.05) is 39.7 Å². The van der Waals surface area contributed by atoms with Crippen LogP contribution in [0.3, 0.4) is 0 Å². The molecule has 2 aromatic carbocycles. The number of rotatable bonds is 7. The van der Waals surface area contributed by atoms with Crippen LogP contribution in [0.5, 0.6) is 5.75 Å². The Morgan fingerprint density at radius 1 is 1.06 bits per heavy atom. The fourth-order valence-electron chi connectivity index (χ4n) is 4.91. The topological polar surface area (TPSA) is 53.6 Å². The molecule has 5 rings (SSSR count). The van der Waals surface area contributed by atoms with Crippen LogP contribution in [0, 0.1) is 0 Å². The van der Waals surface area contributed by atoms with Gasteiger partial charge in [0.1, 0.15) is 11.9 Å². The smallest absolute Gasteiger partial charge is 0.225 e. The average Bonchev–Trinajstić information content (AvgIpc) is 3.24. The summed E-state index contributed by atoms with van der Waals surface area (Å²) in [5.74, 6) is 1.07. The number of likely N-dealkylation sites (tertiary alicyclic amines) is 1. The Bertz CT molecular complexity index is 1170. The zero-order valence-electron chi connectivity index (χ0n) is 19.7. The minimum atomic E-state index is 0.127. The average molecular weight is 621 g/mol. The molecule has 0 bridgehead atoms. The van der Waals surface area contributed by atoms with E-state index in [4.69, 9.17) is 4.74 Å². The standard InChI is InChI=1S/C27H31Br2N3O2S/c28-20-3-2-19-14-23(35-26(19)15-20)16-27(33)31-21-7-11-32(12-8-21)17-18-1-4-25(24(29)13-18)34-22-5-9-30-10-6-22/h1-4,13-15,21-22,30H,5-12,16-17H2,(H,31,33). The van der Waals surface area contributed by atoms with E-state index in [1.807, 2.05) is 6.07 Å². The first kappa shape index (κ1) is 25.2. The molecule has 2 N–H and O–H groups in total. The molecule has 2 aliphatic heterocycles. The van der Waals surface area contributed by atoms with Gasteiger partial charge in [0.05, 0.1) is 10.9 Å². The molecule has 0 unspecified atom stereocenters. The summed E-state index contributed by atoms with van der Waals surface area (Å²) >= 11 is 8.93. The molecule has 1 amide bonds. The number of hydrogen-bond donors (Lipinski definition) is 2. The summed E-state index contributed by atoms with van der Waals surface area (Å²) in [7, 11) is 0. The second kappa shape index (κ2) is 11.7. The molecule has 5 nitrogen and oxygen atoms in total. The number of carbonyl (C=O) groups excluding carboxylic acids is 1. The maximum absolute atomic E-state index is 12.7. The van der Waals surface area contributed by atoms with Gasteiger partial charge >= 0.3 is 0 Å². The van der Waals surface area contributed by atoms with Crippen molar-refractivity contribution in [1.29, 1.82) is 0 Å². The third-order valence-electron chi connectivity index (χ3n) is 6.80. The van der Waals surface area contributed by atoms with E-state index < -0.39 is 0 Å². The van der Waals surface area contributed by atoms with Crippen LogP contribution in [0.2, 0.25) is 0 Å². The third-order valence-corrected chi connectivity index (χ3v) is 9.01. The van der Waals surface area contributed by atoms with Gasteiger partial charge in [-0.3, -0.25) is 9.69 Å². The van der Waals surface area contributed by atoms with Crippen molar-refractivity contribution in [3.05, 3.63) is 61.9 Å². The molecule has 0 spiro atoms. The zero-order valence-corrected chi connectivity index (χ0v) is 23.7. The van der Waals surface area contributed by atoms with E-state index in [1.165, 1.54) is 15.6 Å². The molecule has 2 aliphatic rings. The van der Waals surface area contributed by atoms with Crippen LogP contribution in [-0.2, 0) is 17.8 Å². The zero-order chi connectivity index (χ0) is 24.2. The van der Waals surface area contributed by atoms with Crippen molar-refractivity contribution in [3.8, 4) is 5.75 Å². The molecule has 2 saturated heterocycles. The van der Waals surface area contributed by atoms with Crippen molar-refractivity contribution in [2.24, 2.45) is 0 Å². The maximum Gasteiger partial charge on any atom is 0.225 e. The minimum absolute atomic E-state index is 0.127. The highest BCUT2D eigenvalue weighted by Gasteiger charge is 2.22. The van der Waals surface area contributed by atoms with Gasteiger partial charge in [0.15, 0.2) is 0 Å². The fourth-order valence-corrected chi connectivity index (χ4v) is 7.04. The van der Waals surface area contributed by atoms with Crippen LogP contribution in [0.4, 0.5) is 0 Å². The molecular weight excluding hydrogens is 590 g/mol. The number of hydrogen-bond acceptors (Lipinski definition) is 5. The summed E-state index contributed by atoms with van der Waals surface area (Å²) in [6.45, 7) is 4.96. The van der Waals surface area contributed by atoms with Gasteiger partial charge in [-0.2, -0.15) is 0 Å². The Balaban J connectivity index is 1.07. The van der Waals surface area contributed by atoms with Crippen molar-refractivity contribution >= 4 is 59.2 Å². The van der Waals surface area contributed by atoms with Crippen molar-refractivity contribution in [2.45, 2.75) is 50.8 Å². The van der Waals surface area contributed by atoms with E-state index in [9.17, 15) is 4.79 Å². The summed E-state index contributed by atoms with van der Waals surface area (Å²) in [5, 5.41) is 7.85. The second-order valence-electron chi connectivity index (χ2n) is 9.52. The number of ether oxygens (including phenoxy) is 1. The number of nitrogens with zero attached hydrogens (tertiary/aromatic N) is 1. The van der Waals surface area contributed by atoms with Crippen molar-refractivity contribution in [1.82, 2.24) is 15.5 Å². The Morgan fingerprint density at radius 2 is 1.86 bits per heavy atom. The largest absolute Gasteiger partial charge is 0.489 e. The van der Waals surface area contributed by atoms with Crippen LogP contribution in [0.15, 0.2) is 51.4 Å². The summed E-state index contributed by atoms with van der Waals surface area (Å²) in [5.41, 5.74) is 1.29. The Hall–Kier alpha value is -1.45. The maximum atomic E-state index is 12.7. The van der Waals surface area contributed by atoms with Crippen LogP contribution in [0.1, 0.15) is 36.1 Å². The Kier molecular flexibility index (Phi) is 8.45. The van der Waals surface area contributed by atoms with Gasteiger partial charge in [0.2, 0.25) is 5.91 Å². The molecule has 3 aromatic rings. The highest BCUT2D eigenvalue weighted by atomic mass is 79.9. The lowest BCUT2D eigenvalue weighted by Gasteiger charge is -2.32. The summed E-state index contributed by atoms with van der Waals surface area (Å²) < 4.78 is 9.52. The Morgan fingerprint density at radius 3 is 2.63 bits per heavy atom. The highest BCUT2D eigenvalue weighted by molar-refractivity contribution is 9.10. The van der Waals surface area contributed by atoms with Crippen molar-refractivity contribution in [2.75, 3.05) is 26.2 Å². The molecule has 0 saturated carbocycles. The lowest BCUT2D eigenvalue weighted by Crippen LogP contribution is -2.44. The SMILES string of the molecule is O=C(Cc1cc2ccc(Br)cc2s1)NC1CCN(Cc2ccc(OC3CCNCC3)c(Br)c2)CC1. The molecule has 0 atom stereocenters. The van der Waals surface area contributed by atoms with Gasteiger partial charge in [-0.05, 0) is 96.0 Å². The number of benzene rings is 2. The summed E-state index contributed by atoms with van der Waals surface area (Å²) in [4.78, 5) is 16.3. The van der Waals surface area contributed by atoms with Crippen LogP contribution >= 0.6 is 43.2 Å². The van der Waals surface area contributed by atoms with E-state index in [0.717, 1.165) is 78.0 Å². The fraction of sp³-hybridized carbons (Fsp3) is 0.444. The lowest BCUT2D eigenvalue weighted by molar-refractivity contribution is -0.121. The van der Waals surface area contributed by atoms with E-state index in [2.05, 4.69) is 83.8 Å².